The van der Waals surface area contributed by atoms with Crippen LogP contribution in [0.1, 0.15) is 27.9 Å². The molecular formula is C21H20N2O2S. The Bertz CT molecular complexity index is 904. The number of hydrogen-bond donors (Lipinski definition) is 2. The second-order valence-electron chi connectivity index (χ2n) is 6.05. The van der Waals surface area contributed by atoms with Crippen molar-refractivity contribution in [1.82, 2.24) is 0 Å². The van der Waals surface area contributed by atoms with Crippen LogP contribution in [0.2, 0.25) is 0 Å². The number of rotatable bonds is 6. The molecule has 2 aromatic carbocycles. The van der Waals surface area contributed by atoms with Gasteiger partial charge >= 0.3 is 0 Å². The van der Waals surface area contributed by atoms with Gasteiger partial charge in [-0.05, 0) is 65.6 Å². The maximum absolute atomic E-state index is 12.6. The lowest BCUT2D eigenvalue weighted by Crippen LogP contribution is -2.18. The van der Waals surface area contributed by atoms with Gasteiger partial charge in [-0.15, -0.1) is 0 Å². The molecule has 132 valence electrons. The number of thiophene rings is 1. The van der Waals surface area contributed by atoms with Crippen molar-refractivity contribution in [1.29, 1.82) is 0 Å². The molecule has 0 bridgehead atoms. The standard InChI is InChI=1S/C21H20N2O2S/c1-15-5-4-6-17(13-15)22-21(25)18-7-2-3-8-19(18)23-20(24)10-9-16-11-12-26-14-16/h2-8,11-14H,9-10H2,1H3,(H,22,25)(H,23,24). The van der Waals surface area contributed by atoms with Crippen molar-refractivity contribution >= 4 is 34.5 Å². The number of carbonyl (C=O) groups is 2. The molecule has 3 rings (SSSR count). The van der Waals surface area contributed by atoms with Crippen molar-refractivity contribution in [3.8, 4) is 0 Å². The van der Waals surface area contributed by atoms with Crippen LogP contribution in [0.4, 0.5) is 11.4 Å². The zero-order chi connectivity index (χ0) is 18.4. The summed E-state index contributed by atoms with van der Waals surface area (Å²) >= 11 is 1.62. The van der Waals surface area contributed by atoms with Crippen LogP contribution in [0.15, 0.2) is 65.4 Å². The second kappa shape index (κ2) is 8.45. The van der Waals surface area contributed by atoms with Crippen LogP contribution in [0.5, 0.6) is 0 Å². The highest BCUT2D eigenvalue weighted by Crippen LogP contribution is 2.19. The molecule has 0 fully saturated rings. The van der Waals surface area contributed by atoms with Crippen LogP contribution in [0, 0.1) is 6.92 Å². The first-order valence-corrected chi connectivity index (χ1v) is 9.34. The highest BCUT2D eigenvalue weighted by atomic mass is 32.1. The summed E-state index contributed by atoms with van der Waals surface area (Å²) < 4.78 is 0. The molecule has 1 aromatic heterocycles. The maximum Gasteiger partial charge on any atom is 0.257 e. The van der Waals surface area contributed by atoms with Gasteiger partial charge in [-0.3, -0.25) is 9.59 Å². The number of hydrogen-bond acceptors (Lipinski definition) is 3. The normalized spacial score (nSPS) is 10.3. The number of nitrogens with one attached hydrogen (secondary N) is 2. The Morgan fingerprint density at radius 2 is 1.85 bits per heavy atom. The van der Waals surface area contributed by atoms with E-state index in [-0.39, 0.29) is 11.8 Å². The molecule has 0 atom stereocenters. The van der Waals surface area contributed by atoms with Crippen LogP contribution in [0.3, 0.4) is 0 Å². The fraction of sp³-hybridized carbons (Fsp3) is 0.143. The first-order valence-electron chi connectivity index (χ1n) is 8.40. The number of anilines is 2. The third-order valence-corrected chi connectivity index (χ3v) is 4.67. The number of aryl methyl sites for hydroxylation is 2. The van der Waals surface area contributed by atoms with Crippen molar-refractivity contribution in [2.75, 3.05) is 10.6 Å². The fourth-order valence-electron chi connectivity index (χ4n) is 2.62. The molecule has 2 amide bonds. The van der Waals surface area contributed by atoms with Gasteiger partial charge in [0.2, 0.25) is 5.91 Å². The van der Waals surface area contributed by atoms with Gasteiger partial charge in [-0.25, -0.2) is 0 Å². The molecule has 26 heavy (non-hydrogen) atoms. The Morgan fingerprint density at radius 1 is 1.00 bits per heavy atom. The molecule has 0 aliphatic heterocycles. The largest absolute Gasteiger partial charge is 0.325 e. The molecule has 0 aliphatic carbocycles. The SMILES string of the molecule is Cc1cccc(NC(=O)c2ccccc2NC(=O)CCc2ccsc2)c1. The Kier molecular flexibility index (Phi) is 5.81. The summed E-state index contributed by atoms with van der Waals surface area (Å²) in [5.74, 6) is -0.351. The van der Waals surface area contributed by atoms with E-state index in [1.807, 2.05) is 48.0 Å². The van der Waals surface area contributed by atoms with E-state index in [1.165, 1.54) is 0 Å². The second-order valence-corrected chi connectivity index (χ2v) is 6.83. The van der Waals surface area contributed by atoms with Gasteiger partial charge < -0.3 is 10.6 Å². The summed E-state index contributed by atoms with van der Waals surface area (Å²) in [6, 6.07) is 16.7. The highest BCUT2D eigenvalue weighted by Gasteiger charge is 2.13. The zero-order valence-electron chi connectivity index (χ0n) is 14.5. The minimum absolute atomic E-state index is 0.105. The molecule has 0 unspecified atom stereocenters. The Balaban J connectivity index is 1.67. The topological polar surface area (TPSA) is 58.2 Å². The Labute approximate surface area is 156 Å². The lowest BCUT2D eigenvalue weighted by Gasteiger charge is -2.12. The summed E-state index contributed by atoms with van der Waals surface area (Å²) in [6.45, 7) is 1.97. The van der Waals surface area contributed by atoms with Gasteiger partial charge in [0.05, 0.1) is 11.3 Å². The van der Waals surface area contributed by atoms with Crippen molar-refractivity contribution in [2.24, 2.45) is 0 Å². The molecule has 0 spiro atoms. The van der Waals surface area contributed by atoms with E-state index in [0.717, 1.165) is 16.8 Å². The summed E-state index contributed by atoms with van der Waals surface area (Å²) in [6.07, 6.45) is 1.07. The first-order chi connectivity index (χ1) is 12.6. The first kappa shape index (κ1) is 17.9. The van der Waals surface area contributed by atoms with Crippen molar-refractivity contribution in [3.63, 3.8) is 0 Å². The summed E-state index contributed by atoms with van der Waals surface area (Å²) in [5, 5.41) is 9.77. The van der Waals surface area contributed by atoms with E-state index < -0.39 is 0 Å². The van der Waals surface area contributed by atoms with E-state index in [9.17, 15) is 9.59 Å². The zero-order valence-corrected chi connectivity index (χ0v) is 15.3. The Morgan fingerprint density at radius 3 is 2.62 bits per heavy atom. The molecule has 0 saturated carbocycles. The van der Waals surface area contributed by atoms with Gasteiger partial charge in [-0.2, -0.15) is 11.3 Å². The van der Waals surface area contributed by atoms with E-state index in [4.69, 9.17) is 0 Å². The van der Waals surface area contributed by atoms with Crippen molar-refractivity contribution in [2.45, 2.75) is 19.8 Å². The number of amides is 2. The Hall–Kier alpha value is -2.92. The summed E-state index contributed by atoms with van der Waals surface area (Å²) in [4.78, 5) is 24.9. The summed E-state index contributed by atoms with van der Waals surface area (Å²) in [7, 11) is 0. The number of benzene rings is 2. The lowest BCUT2D eigenvalue weighted by atomic mass is 10.1. The predicted molar refractivity (Wildman–Crippen MR) is 107 cm³/mol. The van der Waals surface area contributed by atoms with Gasteiger partial charge in [0.25, 0.3) is 5.91 Å². The van der Waals surface area contributed by atoms with Crippen molar-refractivity contribution in [3.05, 3.63) is 82.0 Å². The molecule has 1 heterocycles. The third kappa shape index (κ3) is 4.80. The van der Waals surface area contributed by atoms with E-state index in [0.29, 0.717) is 24.1 Å². The lowest BCUT2D eigenvalue weighted by molar-refractivity contribution is -0.116. The van der Waals surface area contributed by atoms with E-state index in [1.54, 1.807) is 35.6 Å². The molecule has 3 aromatic rings. The van der Waals surface area contributed by atoms with Gasteiger partial charge in [-0.1, -0.05) is 24.3 Å². The van der Waals surface area contributed by atoms with Crippen LogP contribution >= 0.6 is 11.3 Å². The number of carbonyl (C=O) groups excluding carboxylic acids is 2. The maximum atomic E-state index is 12.6. The number of para-hydroxylation sites is 1. The minimum Gasteiger partial charge on any atom is -0.325 e. The van der Waals surface area contributed by atoms with E-state index in [2.05, 4.69) is 10.6 Å². The van der Waals surface area contributed by atoms with Crippen LogP contribution in [-0.4, -0.2) is 11.8 Å². The fourth-order valence-corrected chi connectivity index (χ4v) is 3.32. The molecule has 2 N–H and O–H groups in total. The molecule has 0 aliphatic rings. The molecule has 4 nitrogen and oxygen atoms in total. The minimum atomic E-state index is -0.246. The van der Waals surface area contributed by atoms with E-state index >= 15 is 0 Å². The smallest absolute Gasteiger partial charge is 0.257 e. The molecule has 5 heteroatoms. The molecule has 0 radical (unpaired) electrons. The average molecular weight is 364 g/mol. The molecular weight excluding hydrogens is 344 g/mol. The van der Waals surface area contributed by atoms with Crippen LogP contribution in [-0.2, 0) is 11.2 Å². The highest BCUT2D eigenvalue weighted by molar-refractivity contribution is 7.07. The van der Waals surface area contributed by atoms with Crippen molar-refractivity contribution < 1.29 is 9.59 Å². The quantitative estimate of drug-likeness (QED) is 0.655. The van der Waals surface area contributed by atoms with Gasteiger partial charge in [0, 0.05) is 12.1 Å². The van der Waals surface area contributed by atoms with Crippen LogP contribution < -0.4 is 10.6 Å². The van der Waals surface area contributed by atoms with Gasteiger partial charge in [0.1, 0.15) is 0 Å². The monoisotopic (exact) mass is 364 g/mol. The van der Waals surface area contributed by atoms with Crippen LogP contribution in [0.25, 0.3) is 0 Å². The van der Waals surface area contributed by atoms with Gasteiger partial charge in [0.15, 0.2) is 0 Å². The predicted octanol–water partition coefficient (Wildman–Crippen LogP) is 4.88. The average Bonchev–Trinajstić information content (AvgIpc) is 3.14. The summed E-state index contributed by atoms with van der Waals surface area (Å²) in [5.41, 5.74) is 3.91. The molecule has 0 saturated heterocycles. The third-order valence-electron chi connectivity index (χ3n) is 3.94.